The van der Waals surface area contributed by atoms with Crippen LogP contribution in [0.2, 0.25) is 0 Å². The Morgan fingerprint density at radius 2 is 2.11 bits per heavy atom. The zero-order valence-electron chi connectivity index (χ0n) is 14.9. The van der Waals surface area contributed by atoms with Gasteiger partial charge in [0, 0.05) is 11.6 Å². The van der Waals surface area contributed by atoms with Gasteiger partial charge in [-0.1, -0.05) is 12.1 Å². The van der Waals surface area contributed by atoms with Gasteiger partial charge in [0.2, 0.25) is 0 Å². The van der Waals surface area contributed by atoms with Gasteiger partial charge in [-0.15, -0.1) is 0 Å². The third-order valence-electron chi connectivity index (χ3n) is 4.32. The van der Waals surface area contributed by atoms with Crippen molar-refractivity contribution in [3.8, 4) is 0 Å². The molecule has 0 fully saturated rings. The highest BCUT2D eigenvalue weighted by molar-refractivity contribution is 5.97. The molecule has 0 aliphatic heterocycles. The molecule has 0 spiro atoms. The van der Waals surface area contributed by atoms with E-state index in [1.54, 1.807) is 36.0 Å². The van der Waals surface area contributed by atoms with Crippen molar-refractivity contribution in [3.05, 3.63) is 71.8 Å². The first kappa shape index (κ1) is 17.6. The number of aliphatic hydroxyl groups excluding tert-OH is 1. The van der Waals surface area contributed by atoms with Crippen LogP contribution in [0.25, 0.3) is 16.6 Å². The highest BCUT2D eigenvalue weighted by atomic mass is 16.3. The number of carbonyl (C=O) groups is 1. The van der Waals surface area contributed by atoms with Crippen LogP contribution in [0.1, 0.15) is 30.0 Å². The second kappa shape index (κ2) is 7.05. The van der Waals surface area contributed by atoms with E-state index in [0.29, 0.717) is 28.3 Å². The maximum Gasteiger partial charge on any atom is 0.332 e. The molecule has 0 aliphatic rings. The summed E-state index contributed by atoms with van der Waals surface area (Å²) in [5, 5.41) is 20.2. The van der Waals surface area contributed by atoms with E-state index in [9.17, 15) is 9.90 Å². The SMILES string of the molecule is C/C(=N/NC(N)=O)c1ccc2ncc(C(O)c3ccc4ncccc4c3)n2n1. The fraction of sp³-hybridized carbons (Fsp3) is 0.105. The van der Waals surface area contributed by atoms with Gasteiger partial charge in [-0.2, -0.15) is 10.2 Å². The van der Waals surface area contributed by atoms with Gasteiger partial charge in [0.25, 0.3) is 0 Å². The molecule has 1 unspecified atom stereocenters. The number of fused-ring (bicyclic) bond motifs is 2. The standard InChI is InChI=1S/C19H17N7O2/c1-11(23-24-19(20)28)14-6-7-17-22-10-16(26(17)25-14)18(27)13-4-5-15-12(9-13)3-2-8-21-15/h2-10,18,27H,1H3,(H3,20,24,28)/b23-11-. The van der Waals surface area contributed by atoms with Gasteiger partial charge in [-0.3, -0.25) is 4.98 Å². The van der Waals surface area contributed by atoms with Crippen LogP contribution in [0.4, 0.5) is 4.79 Å². The van der Waals surface area contributed by atoms with Crippen LogP contribution in [0, 0.1) is 0 Å². The first-order valence-electron chi connectivity index (χ1n) is 8.50. The van der Waals surface area contributed by atoms with Crippen LogP contribution < -0.4 is 11.2 Å². The normalized spacial score (nSPS) is 13.0. The molecule has 0 saturated heterocycles. The summed E-state index contributed by atoms with van der Waals surface area (Å²) in [5.41, 5.74) is 10.8. The minimum Gasteiger partial charge on any atom is -0.382 e. The van der Waals surface area contributed by atoms with Gasteiger partial charge >= 0.3 is 6.03 Å². The molecular weight excluding hydrogens is 358 g/mol. The number of imidazole rings is 1. The van der Waals surface area contributed by atoms with Crippen molar-refractivity contribution >= 4 is 28.3 Å². The fourth-order valence-corrected chi connectivity index (χ4v) is 2.90. The van der Waals surface area contributed by atoms with Crippen LogP contribution in [-0.2, 0) is 0 Å². The number of aliphatic hydroxyl groups is 1. The third kappa shape index (κ3) is 3.26. The summed E-state index contributed by atoms with van der Waals surface area (Å²) in [6.45, 7) is 1.69. The van der Waals surface area contributed by atoms with Gasteiger partial charge in [0.15, 0.2) is 5.65 Å². The van der Waals surface area contributed by atoms with E-state index in [1.165, 1.54) is 0 Å². The monoisotopic (exact) mass is 375 g/mol. The van der Waals surface area contributed by atoms with Crippen molar-refractivity contribution in [1.29, 1.82) is 0 Å². The molecule has 0 bridgehead atoms. The zero-order chi connectivity index (χ0) is 19.7. The molecule has 0 aliphatic carbocycles. The average Bonchev–Trinajstić information content (AvgIpc) is 3.14. The first-order valence-corrected chi connectivity index (χ1v) is 8.50. The number of nitrogens with one attached hydrogen (secondary N) is 1. The van der Waals surface area contributed by atoms with E-state index in [1.807, 2.05) is 30.3 Å². The van der Waals surface area contributed by atoms with E-state index in [4.69, 9.17) is 5.73 Å². The van der Waals surface area contributed by atoms with Crippen molar-refractivity contribution in [3.63, 3.8) is 0 Å². The van der Waals surface area contributed by atoms with Crippen molar-refractivity contribution in [2.45, 2.75) is 13.0 Å². The van der Waals surface area contributed by atoms with Crippen LogP contribution in [0.3, 0.4) is 0 Å². The van der Waals surface area contributed by atoms with Gasteiger partial charge in [0.1, 0.15) is 11.8 Å². The Kier molecular flexibility index (Phi) is 4.42. The molecule has 9 nitrogen and oxygen atoms in total. The van der Waals surface area contributed by atoms with Crippen LogP contribution >= 0.6 is 0 Å². The Balaban J connectivity index is 1.73. The molecule has 1 aromatic carbocycles. The number of primary amides is 1. The van der Waals surface area contributed by atoms with E-state index in [0.717, 1.165) is 10.9 Å². The molecular formula is C19H17N7O2. The number of rotatable bonds is 4. The van der Waals surface area contributed by atoms with Crippen molar-refractivity contribution in [2.75, 3.05) is 0 Å². The largest absolute Gasteiger partial charge is 0.382 e. The number of hydrogen-bond donors (Lipinski definition) is 3. The number of hydrazone groups is 1. The van der Waals surface area contributed by atoms with E-state index in [-0.39, 0.29) is 0 Å². The Hall–Kier alpha value is -3.85. The number of nitrogens with two attached hydrogens (primary N) is 1. The lowest BCUT2D eigenvalue weighted by Crippen LogP contribution is -2.25. The Morgan fingerprint density at radius 1 is 1.25 bits per heavy atom. The summed E-state index contributed by atoms with van der Waals surface area (Å²) in [5.74, 6) is 0. The molecule has 140 valence electrons. The molecule has 0 saturated carbocycles. The van der Waals surface area contributed by atoms with Gasteiger partial charge < -0.3 is 10.8 Å². The van der Waals surface area contributed by atoms with E-state index >= 15 is 0 Å². The Bertz CT molecular complexity index is 1220. The summed E-state index contributed by atoms with van der Waals surface area (Å²) in [7, 11) is 0. The smallest absolute Gasteiger partial charge is 0.332 e. The summed E-state index contributed by atoms with van der Waals surface area (Å²) >= 11 is 0. The summed E-state index contributed by atoms with van der Waals surface area (Å²) in [6.07, 6.45) is 2.38. The lowest BCUT2D eigenvalue weighted by molar-refractivity contribution is 0.213. The van der Waals surface area contributed by atoms with Gasteiger partial charge in [0.05, 0.1) is 23.1 Å². The second-order valence-electron chi connectivity index (χ2n) is 6.20. The lowest BCUT2D eigenvalue weighted by Gasteiger charge is -2.12. The van der Waals surface area contributed by atoms with Gasteiger partial charge in [-0.25, -0.2) is 19.7 Å². The average molecular weight is 375 g/mol. The van der Waals surface area contributed by atoms with Crippen molar-refractivity contribution in [1.82, 2.24) is 25.0 Å². The zero-order valence-corrected chi connectivity index (χ0v) is 14.9. The lowest BCUT2D eigenvalue weighted by atomic mass is 10.0. The minimum atomic E-state index is -0.927. The molecule has 3 heterocycles. The third-order valence-corrected chi connectivity index (χ3v) is 4.32. The number of carbonyl (C=O) groups excluding carboxylic acids is 1. The number of benzene rings is 1. The predicted molar refractivity (Wildman–Crippen MR) is 104 cm³/mol. The number of nitrogens with zero attached hydrogens (tertiary/aromatic N) is 5. The molecule has 9 heteroatoms. The summed E-state index contributed by atoms with van der Waals surface area (Å²) in [6, 6.07) is 12.1. The molecule has 4 rings (SSSR count). The van der Waals surface area contributed by atoms with Crippen LogP contribution in [0.5, 0.6) is 0 Å². The summed E-state index contributed by atoms with van der Waals surface area (Å²) < 4.78 is 1.55. The van der Waals surface area contributed by atoms with E-state index < -0.39 is 12.1 Å². The molecule has 4 aromatic rings. The highest BCUT2D eigenvalue weighted by Gasteiger charge is 2.17. The van der Waals surface area contributed by atoms with Gasteiger partial charge in [-0.05, 0) is 42.8 Å². The van der Waals surface area contributed by atoms with Crippen molar-refractivity contribution < 1.29 is 9.90 Å². The highest BCUT2D eigenvalue weighted by Crippen LogP contribution is 2.25. The number of hydrogen-bond acceptors (Lipinski definition) is 6. The van der Waals surface area contributed by atoms with Crippen LogP contribution in [0.15, 0.2) is 60.0 Å². The van der Waals surface area contributed by atoms with Crippen molar-refractivity contribution in [2.24, 2.45) is 10.8 Å². The quantitative estimate of drug-likeness (QED) is 0.369. The maximum absolute atomic E-state index is 10.9. The maximum atomic E-state index is 10.9. The molecule has 28 heavy (non-hydrogen) atoms. The minimum absolute atomic E-state index is 0.464. The second-order valence-corrected chi connectivity index (χ2v) is 6.20. The number of amides is 2. The number of aromatic nitrogens is 4. The molecule has 0 radical (unpaired) electrons. The number of urea groups is 1. The topological polar surface area (TPSA) is 131 Å². The molecule has 1 atom stereocenters. The molecule has 2 amide bonds. The molecule has 4 N–H and O–H groups in total. The Morgan fingerprint density at radius 3 is 2.93 bits per heavy atom. The number of pyridine rings is 1. The first-order chi connectivity index (χ1) is 13.5. The van der Waals surface area contributed by atoms with Crippen LogP contribution in [-0.4, -0.2) is 36.4 Å². The predicted octanol–water partition coefficient (Wildman–Crippen LogP) is 1.75. The fourth-order valence-electron chi connectivity index (χ4n) is 2.90. The van der Waals surface area contributed by atoms with E-state index in [2.05, 4.69) is 25.6 Å². The molecule has 3 aromatic heterocycles. The summed E-state index contributed by atoms with van der Waals surface area (Å²) in [4.78, 5) is 19.4. The Labute approximate surface area is 159 Å².